The van der Waals surface area contributed by atoms with Crippen molar-refractivity contribution in [3.05, 3.63) is 59.2 Å². The number of nitrogen functional groups attached to an aromatic ring is 1. The fourth-order valence-corrected chi connectivity index (χ4v) is 2.44. The van der Waals surface area contributed by atoms with E-state index in [1.54, 1.807) is 0 Å². The summed E-state index contributed by atoms with van der Waals surface area (Å²) in [7, 11) is 0. The maximum Gasteiger partial charge on any atom is 0.314 e. The molecule has 0 unspecified atom stereocenters. The zero-order valence-electron chi connectivity index (χ0n) is 18.6. The van der Waals surface area contributed by atoms with E-state index in [2.05, 4.69) is 10.1 Å². The Morgan fingerprint density at radius 2 is 1.36 bits per heavy atom. The van der Waals surface area contributed by atoms with Crippen LogP contribution in [0.2, 0.25) is 0 Å². The van der Waals surface area contributed by atoms with E-state index in [-0.39, 0.29) is 48.2 Å². The molecule has 0 saturated carbocycles. The number of hydrogen-bond donors (Lipinski definition) is 5. The Bertz CT molecular complexity index is 1170. The molecule has 1 aliphatic heterocycles. The van der Waals surface area contributed by atoms with Crippen molar-refractivity contribution in [3.8, 4) is 0 Å². The van der Waals surface area contributed by atoms with Crippen LogP contribution in [0.5, 0.6) is 0 Å². The van der Waals surface area contributed by atoms with E-state index in [1.165, 1.54) is 18.2 Å². The minimum absolute atomic E-state index is 0.0185. The highest BCUT2D eigenvalue weighted by Gasteiger charge is 2.19. The fraction of sp³-hybridized carbons (Fsp3) is 0.182. The third-order valence-corrected chi connectivity index (χ3v) is 4.13. The number of carbonyl (C=O) groups excluding carboxylic acids is 5. The van der Waals surface area contributed by atoms with Gasteiger partial charge in [0, 0.05) is 12.1 Å². The lowest BCUT2D eigenvalue weighted by Crippen LogP contribution is -2.19. The first kappa shape index (κ1) is 29.2. The molecule has 1 aliphatic rings. The Morgan fingerprint density at radius 3 is 1.78 bits per heavy atom. The van der Waals surface area contributed by atoms with E-state index in [0.29, 0.717) is 0 Å². The van der Waals surface area contributed by atoms with E-state index in [9.17, 15) is 37.5 Å². The Hall–Kier alpha value is -4.88. The van der Waals surface area contributed by atoms with Gasteiger partial charge in [0.15, 0.2) is 0 Å². The summed E-state index contributed by atoms with van der Waals surface area (Å²) in [6.07, 6.45) is -0.0541. The third kappa shape index (κ3) is 10.4. The number of aliphatic carboxylic acids is 1. The number of carbonyl (C=O) groups is 6. The van der Waals surface area contributed by atoms with Crippen molar-refractivity contribution >= 4 is 47.0 Å². The summed E-state index contributed by atoms with van der Waals surface area (Å²) in [5.74, 6) is -5.29. The highest BCUT2D eigenvalue weighted by atomic mass is 19.1. The summed E-state index contributed by atoms with van der Waals surface area (Å²) in [4.78, 5) is 63.2. The van der Waals surface area contributed by atoms with Crippen LogP contribution >= 0.6 is 0 Å². The Kier molecular flexibility index (Phi) is 11.1. The van der Waals surface area contributed by atoms with Crippen LogP contribution in [0.15, 0.2) is 36.4 Å². The van der Waals surface area contributed by atoms with Crippen molar-refractivity contribution in [1.82, 2.24) is 0 Å². The van der Waals surface area contributed by atoms with Gasteiger partial charge in [0.2, 0.25) is 5.91 Å². The lowest BCUT2D eigenvalue weighted by molar-refractivity contribution is -0.152. The van der Waals surface area contributed by atoms with Gasteiger partial charge >= 0.3 is 17.9 Å². The van der Waals surface area contributed by atoms with Gasteiger partial charge in [-0.05, 0) is 36.4 Å². The summed E-state index contributed by atoms with van der Waals surface area (Å²) >= 11 is 0. The molecular weight excluding hydrogens is 486 g/mol. The minimum atomic E-state index is -1.11. The zero-order valence-corrected chi connectivity index (χ0v) is 18.6. The summed E-state index contributed by atoms with van der Waals surface area (Å²) in [5.41, 5.74) is 15.4. The topological polar surface area (TPSA) is 222 Å². The van der Waals surface area contributed by atoms with Crippen LogP contribution in [-0.4, -0.2) is 40.7 Å². The van der Waals surface area contributed by atoms with Gasteiger partial charge in [0.1, 0.15) is 11.6 Å². The molecule has 8 N–H and O–H groups in total. The number of hydrogen-bond acceptors (Lipinski definition) is 8. The largest absolute Gasteiger partial charge is 0.481 e. The molecule has 0 aliphatic carbocycles. The van der Waals surface area contributed by atoms with Crippen molar-refractivity contribution in [2.75, 3.05) is 11.1 Å². The standard InChI is InChI=1S/C11H11FN2O4.C7H7FN2O.C4H4O3/c12-6-1-2-8(7(5-6)11(13)18)14-9(15)3-4-10(16)17;8-4-1-2-6(9)5(3-4)7(10)11;5-3-1-2-4(6)7-3/h1-2,5H,3-4H2,(H2,13,18)(H,14,15)(H,16,17);1-3H,9H2,(H2,10,11);1-2H2. The maximum absolute atomic E-state index is 12.9. The lowest BCUT2D eigenvalue weighted by atomic mass is 10.1. The number of amides is 3. The zero-order chi connectivity index (χ0) is 27.4. The number of halogens is 2. The number of carboxylic acid groups (broad SMARTS) is 1. The number of esters is 2. The number of nitrogens with two attached hydrogens (primary N) is 3. The monoisotopic (exact) mass is 508 g/mol. The van der Waals surface area contributed by atoms with Crippen molar-refractivity contribution in [3.63, 3.8) is 0 Å². The molecule has 0 radical (unpaired) electrons. The summed E-state index contributed by atoms with van der Waals surface area (Å²) in [5, 5.41) is 10.7. The highest BCUT2D eigenvalue weighted by Crippen LogP contribution is 2.17. The predicted molar refractivity (Wildman–Crippen MR) is 120 cm³/mol. The number of ether oxygens (including phenoxy) is 1. The second kappa shape index (κ2) is 13.7. The molecule has 0 spiro atoms. The molecule has 3 rings (SSSR count). The van der Waals surface area contributed by atoms with Crippen molar-refractivity contribution in [2.45, 2.75) is 25.7 Å². The molecular formula is C22H22F2N4O8. The molecule has 3 amide bonds. The van der Waals surface area contributed by atoms with E-state index < -0.39 is 47.3 Å². The Labute approximate surface area is 202 Å². The first-order valence-corrected chi connectivity index (χ1v) is 9.99. The number of carboxylic acids is 1. The van der Waals surface area contributed by atoms with E-state index in [1.807, 2.05) is 0 Å². The van der Waals surface area contributed by atoms with Crippen LogP contribution in [0.3, 0.4) is 0 Å². The molecule has 14 heteroatoms. The maximum atomic E-state index is 12.9. The van der Waals surface area contributed by atoms with Crippen LogP contribution in [0.4, 0.5) is 20.2 Å². The van der Waals surface area contributed by atoms with Gasteiger partial charge in [-0.3, -0.25) is 28.8 Å². The smallest absolute Gasteiger partial charge is 0.314 e. The molecule has 0 bridgehead atoms. The van der Waals surface area contributed by atoms with Gasteiger partial charge in [-0.1, -0.05) is 0 Å². The quantitative estimate of drug-likeness (QED) is 0.214. The third-order valence-electron chi connectivity index (χ3n) is 4.13. The number of primary amides is 2. The van der Waals surface area contributed by atoms with E-state index in [4.69, 9.17) is 22.3 Å². The molecule has 36 heavy (non-hydrogen) atoms. The summed E-state index contributed by atoms with van der Waals surface area (Å²) in [6.45, 7) is 0. The molecule has 1 saturated heterocycles. The average molecular weight is 508 g/mol. The summed E-state index contributed by atoms with van der Waals surface area (Å²) < 4.78 is 29.4. The predicted octanol–water partition coefficient (Wildman–Crippen LogP) is 1.08. The number of anilines is 2. The average Bonchev–Trinajstić information content (AvgIpc) is 3.18. The van der Waals surface area contributed by atoms with Gasteiger partial charge in [0.25, 0.3) is 11.8 Å². The Morgan fingerprint density at radius 1 is 0.861 bits per heavy atom. The SMILES string of the molecule is NC(=O)c1cc(F)ccc1N.NC(=O)c1cc(F)ccc1NC(=O)CCC(=O)O.O=C1CCC(=O)O1. The summed E-state index contributed by atoms with van der Waals surface area (Å²) in [6, 6.07) is 6.62. The first-order valence-electron chi connectivity index (χ1n) is 9.99. The fourth-order valence-electron chi connectivity index (χ4n) is 2.44. The van der Waals surface area contributed by atoms with Crippen molar-refractivity contribution in [2.24, 2.45) is 11.5 Å². The number of cyclic esters (lactones) is 2. The van der Waals surface area contributed by atoms with Crippen molar-refractivity contribution in [1.29, 1.82) is 0 Å². The molecule has 0 aromatic heterocycles. The molecule has 12 nitrogen and oxygen atoms in total. The number of rotatable bonds is 6. The van der Waals surface area contributed by atoms with E-state index >= 15 is 0 Å². The van der Waals surface area contributed by atoms with Crippen LogP contribution < -0.4 is 22.5 Å². The van der Waals surface area contributed by atoms with Gasteiger partial charge < -0.3 is 32.4 Å². The van der Waals surface area contributed by atoms with Crippen LogP contribution in [-0.2, 0) is 23.9 Å². The minimum Gasteiger partial charge on any atom is -0.481 e. The molecule has 1 fully saturated rings. The molecule has 2 aromatic carbocycles. The normalized spacial score (nSPS) is 11.7. The van der Waals surface area contributed by atoms with Crippen LogP contribution in [0, 0.1) is 11.6 Å². The van der Waals surface area contributed by atoms with Gasteiger partial charge in [-0.15, -0.1) is 0 Å². The van der Waals surface area contributed by atoms with Crippen LogP contribution in [0.1, 0.15) is 46.4 Å². The highest BCUT2D eigenvalue weighted by molar-refractivity contribution is 6.03. The second-order valence-corrected chi connectivity index (χ2v) is 6.94. The van der Waals surface area contributed by atoms with Crippen LogP contribution in [0.25, 0.3) is 0 Å². The van der Waals surface area contributed by atoms with E-state index in [0.717, 1.165) is 18.2 Å². The van der Waals surface area contributed by atoms with Gasteiger partial charge in [-0.2, -0.15) is 0 Å². The molecule has 0 atom stereocenters. The molecule has 192 valence electrons. The lowest BCUT2D eigenvalue weighted by Gasteiger charge is -2.08. The van der Waals surface area contributed by atoms with Gasteiger partial charge in [-0.25, -0.2) is 8.78 Å². The van der Waals surface area contributed by atoms with Crippen molar-refractivity contribution < 1.29 is 47.4 Å². The first-order chi connectivity index (χ1) is 16.8. The molecule has 1 heterocycles. The number of benzene rings is 2. The molecule has 2 aromatic rings. The van der Waals surface area contributed by atoms with Gasteiger partial charge in [0.05, 0.1) is 36.1 Å². The second-order valence-electron chi connectivity index (χ2n) is 6.94. The Balaban J connectivity index is 0.000000303. The number of nitrogens with one attached hydrogen (secondary N) is 1.